The summed E-state index contributed by atoms with van der Waals surface area (Å²) in [5, 5.41) is 2.36. The number of ether oxygens (including phenoxy) is 1. The average molecular weight is 321 g/mol. The van der Waals surface area contributed by atoms with Crippen LogP contribution >= 0.6 is 0 Å². The number of rotatable bonds is 5. The summed E-state index contributed by atoms with van der Waals surface area (Å²) < 4.78 is 5.42. The second-order valence-electron chi connectivity index (χ2n) is 6.36. The number of hydrogen-bond acceptors (Lipinski definition) is 2. The Kier molecular flexibility index (Phi) is 5.51. The van der Waals surface area contributed by atoms with Crippen LogP contribution in [0, 0.1) is 18.3 Å². The number of carbonyl (C=O) groups is 1. The first-order chi connectivity index (χ1) is 11.8. The van der Waals surface area contributed by atoms with E-state index in [0.717, 1.165) is 31.5 Å². The third-order valence-electron chi connectivity index (χ3n) is 4.73. The molecule has 0 radical (unpaired) electrons. The standard InChI is InChI=1S/C21H23NO2/c1-2-14-24-16-17-10-12-22(13-11-17)21(23)15-19-8-5-7-18-6-3-4-9-20(18)19/h1,3-9,17H,10-16H2. The smallest absolute Gasteiger partial charge is 0.227 e. The molecular weight excluding hydrogens is 298 g/mol. The van der Waals surface area contributed by atoms with Gasteiger partial charge in [0.15, 0.2) is 0 Å². The van der Waals surface area contributed by atoms with Crippen molar-refractivity contribution in [3.8, 4) is 12.3 Å². The van der Waals surface area contributed by atoms with Crippen molar-refractivity contribution in [3.63, 3.8) is 0 Å². The molecule has 1 fully saturated rings. The van der Waals surface area contributed by atoms with Crippen LogP contribution in [0.1, 0.15) is 18.4 Å². The Bertz CT molecular complexity index is 734. The van der Waals surface area contributed by atoms with Gasteiger partial charge in [0.1, 0.15) is 6.61 Å². The van der Waals surface area contributed by atoms with Gasteiger partial charge in [0, 0.05) is 13.1 Å². The van der Waals surface area contributed by atoms with E-state index < -0.39 is 0 Å². The molecule has 24 heavy (non-hydrogen) atoms. The monoisotopic (exact) mass is 321 g/mol. The predicted octanol–water partition coefficient (Wildman–Crippen LogP) is 3.27. The van der Waals surface area contributed by atoms with Crippen LogP contribution in [0.15, 0.2) is 42.5 Å². The van der Waals surface area contributed by atoms with Crippen LogP contribution in [0.4, 0.5) is 0 Å². The van der Waals surface area contributed by atoms with Gasteiger partial charge in [-0.15, -0.1) is 6.42 Å². The van der Waals surface area contributed by atoms with Crippen LogP contribution < -0.4 is 0 Å². The number of piperidine rings is 1. The summed E-state index contributed by atoms with van der Waals surface area (Å²) in [6.45, 7) is 2.71. The largest absolute Gasteiger partial charge is 0.369 e. The highest BCUT2D eigenvalue weighted by molar-refractivity contribution is 5.90. The van der Waals surface area contributed by atoms with Crippen molar-refractivity contribution in [1.29, 1.82) is 0 Å². The van der Waals surface area contributed by atoms with E-state index in [9.17, 15) is 4.79 Å². The molecule has 1 amide bonds. The number of benzene rings is 2. The SMILES string of the molecule is C#CCOCC1CCN(C(=O)Cc2cccc3ccccc23)CC1. The van der Waals surface area contributed by atoms with Gasteiger partial charge < -0.3 is 9.64 Å². The fourth-order valence-electron chi connectivity index (χ4n) is 3.35. The maximum absolute atomic E-state index is 12.6. The summed E-state index contributed by atoms with van der Waals surface area (Å²) in [6.07, 6.45) is 7.65. The highest BCUT2D eigenvalue weighted by Crippen LogP contribution is 2.22. The van der Waals surface area contributed by atoms with Crippen molar-refractivity contribution in [2.24, 2.45) is 5.92 Å². The molecule has 0 aliphatic carbocycles. The number of amides is 1. The number of hydrogen-bond donors (Lipinski definition) is 0. The van der Waals surface area contributed by atoms with E-state index in [-0.39, 0.29) is 5.91 Å². The maximum Gasteiger partial charge on any atom is 0.227 e. The minimum Gasteiger partial charge on any atom is -0.369 e. The van der Waals surface area contributed by atoms with Gasteiger partial charge in [0.2, 0.25) is 5.91 Å². The van der Waals surface area contributed by atoms with Gasteiger partial charge in [0.05, 0.1) is 13.0 Å². The summed E-state index contributed by atoms with van der Waals surface area (Å²) in [5.41, 5.74) is 1.11. The van der Waals surface area contributed by atoms with Crippen LogP contribution in [-0.2, 0) is 16.0 Å². The Morgan fingerprint density at radius 2 is 1.92 bits per heavy atom. The second-order valence-corrected chi connectivity index (χ2v) is 6.36. The first-order valence-electron chi connectivity index (χ1n) is 8.53. The predicted molar refractivity (Wildman–Crippen MR) is 96.6 cm³/mol. The first-order valence-corrected chi connectivity index (χ1v) is 8.53. The molecule has 1 heterocycles. The van der Waals surface area contributed by atoms with E-state index >= 15 is 0 Å². The molecule has 0 saturated carbocycles. The third kappa shape index (κ3) is 3.96. The zero-order valence-corrected chi connectivity index (χ0v) is 13.9. The Balaban J connectivity index is 1.57. The summed E-state index contributed by atoms with van der Waals surface area (Å²) in [5.74, 6) is 3.22. The molecule has 3 rings (SSSR count). The summed E-state index contributed by atoms with van der Waals surface area (Å²) in [7, 11) is 0. The highest BCUT2D eigenvalue weighted by atomic mass is 16.5. The van der Waals surface area contributed by atoms with Gasteiger partial charge >= 0.3 is 0 Å². The quantitative estimate of drug-likeness (QED) is 0.625. The van der Waals surface area contributed by atoms with Crippen LogP contribution in [0.2, 0.25) is 0 Å². The van der Waals surface area contributed by atoms with E-state index in [2.05, 4.69) is 30.2 Å². The van der Waals surface area contributed by atoms with E-state index in [4.69, 9.17) is 11.2 Å². The Morgan fingerprint density at radius 1 is 1.17 bits per heavy atom. The van der Waals surface area contributed by atoms with Crippen molar-refractivity contribution in [2.75, 3.05) is 26.3 Å². The molecule has 0 N–H and O–H groups in total. The topological polar surface area (TPSA) is 29.5 Å². The van der Waals surface area contributed by atoms with E-state index in [1.165, 1.54) is 10.8 Å². The van der Waals surface area contributed by atoms with E-state index in [1.807, 2.05) is 23.1 Å². The van der Waals surface area contributed by atoms with Gasteiger partial charge in [-0.2, -0.15) is 0 Å². The van der Waals surface area contributed by atoms with Crippen LogP contribution in [0.3, 0.4) is 0 Å². The Labute approximate surface area is 143 Å². The molecule has 2 aromatic carbocycles. The average Bonchev–Trinajstić information content (AvgIpc) is 2.63. The lowest BCUT2D eigenvalue weighted by Crippen LogP contribution is -2.40. The molecule has 0 unspecified atom stereocenters. The van der Waals surface area contributed by atoms with Gasteiger partial charge in [-0.3, -0.25) is 4.79 Å². The third-order valence-corrected chi connectivity index (χ3v) is 4.73. The normalized spacial score (nSPS) is 15.4. The van der Waals surface area contributed by atoms with Crippen molar-refractivity contribution in [1.82, 2.24) is 4.90 Å². The number of likely N-dealkylation sites (tertiary alicyclic amines) is 1. The highest BCUT2D eigenvalue weighted by Gasteiger charge is 2.23. The molecule has 1 aliphatic rings. The van der Waals surface area contributed by atoms with Crippen molar-refractivity contribution >= 4 is 16.7 Å². The molecular formula is C21H23NO2. The van der Waals surface area contributed by atoms with Crippen LogP contribution in [-0.4, -0.2) is 37.1 Å². The van der Waals surface area contributed by atoms with Gasteiger partial charge in [-0.1, -0.05) is 48.4 Å². The van der Waals surface area contributed by atoms with Crippen molar-refractivity contribution < 1.29 is 9.53 Å². The lowest BCUT2D eigenvalue weighted by molar-refractivity contribution is -0.132. The summed E-state index contributed by atoms with van der Waals surface area (Å²) in [6, 6.07) is 14.4. The molecule has 2 aromatic rings. The molecule has 0 atom stereocenters. The fourth-order valence-corrected chi connectivity index (χ4v) is 3.35. The van der Waals surface area contributed by atoms with E-state index in [1.54, 1.807) is 0 Å². The minimum absolute atomic E-state index is 0.217. The summed E-state index contributed by atoms with van der Waals surface area (Å²) >= 11 is 0. The molecule has 3 heteroatoms. The van der Waals surface area contributed by atoms with E-state index in [0.29, 0.717) is 25.6 Å². The molecule has 0 aromatic heterocycles. The molecule has 0 bridgehead atoms. The Hall–Kier alpha value is -2.31. The summed E-state index contributed by atoms with van der Waals surface area (Å²) in [4.78, 5) is 14.6. The lowest BCUT2D eigenvalue weighted by atomic mass is 9.96. The van der Waals surface area contributed by atoms with Gasteiger partial charge in [0.25, 0.3) is 0 Å². The van der Waals surface area contributed by atoms with Crippen LogP contribution in [0.25, 0.3) is 10.8 Å². The first kappa shape index (κ1) is 16.5. The zero-order valence-electron chi connectivity index (χ0n) is 13.9. The molecule has 3 nitrogen and oxygen atoms in total. The van der Waals surface area contributed by atoms with Crippen molar-refractivity contribution in [2.45, 2.75) is 19.3 Å². The number of terminal acetylenes is 1. The molecule has 1 saturated heterocycles. The van der Waals surface area contributed by atoms with Crippen LogP contribution in [0.5, 0.6) is 0 Å². The minimum atomic E-state index is 0.217. The van der Waals surface area contributed by atoms with Gasteiger partial charge in [-0.05, 0) is 35.1 Å². The van der Waals surface area contributed by atoms with Gasteiger partial charge in [-0.25, -0.2) is 0 Å². The Morgan fingerprint density at radius 3 is 2.71 bits per heavy atom. The fraction of sp³-hybridized carbons (Fsp3) is 0.381. The number of nitrogens with zero attached hydrogens (tertiary/aromatic N) is 1. The second kappa shape index (κ2) is 7.99. The zero-order chi connectivity index (χ0) is 16.8. The molecule has 1 aliphatic heterocycles. The lowest BCUT2D eigenvalue weighted by Gasteiger charge is -2.32. The maximum atomic E-state index is 12.6. The number of fused-ring (bicyclic) bond motifs is 1. The van der Waals surface area contributed by atoms with Crippen molar-refractivity contribution in [3.05, 3.63) is 48.0 Å². The molecule has 0 spiro atoms. The number of carbonyl (C=O) groups excluding carboxylic acids is 1. The molecule has 124 valence electrons.